The lowest BCUT2D eigenvalue weighted by Gasteiger charge is -2.02. The van der Waals surface area contributed by atoms with E-state index >= 15 is 0 Å². The molecule has 6 nitrogen and oxygen atoms in total. The van der Waals surface area contributed by atoms with E-state index in [0.29, 0.717) is 12.1 Å². The lowest BCUT2D eigenvalue weighted by atomic mass is 10.2. The van der Waals surface area contributed by atoms with E-state index in [4.69, 9.17) is 0 Å². The number of nitrogens with zero attached hydrogens (tertiary/aromatic N) is 4. The maximum atomic E-state index is 11.3. The lowest BCUT2D eigenvalue weighted by Crippen LogP contribution is -2.06. The van der Waals surface area contributed by atoms with Gasteiger partial charge in [-0.25, -0.2) is 9.48 Å². The number of aromatic nitrogens is 4. The van der Waals surface area contributed by atoms with Crippen LogP contribution >= 0.6 is 0 Å². The topological polar surface area (TPSA) is 69.9 Å². The Balaban J connectivity index is 2.19. The van der Waals surface area contributed by atoms with E-state index in [0.717, 1.165) is 5.69 Å². The zero-order valence-corrected chi connectivity index (χ0v) is 8.70. The molecule has 16 heavy (non-hydrogen) atoms. The Bertz CT molecular complexity index is 481. The highest BCUT2D eigenvalue weighted by Gasteiger charge is 2.06. The molecule has 2 aromatic heterocycles. The fourth-order valence-corrected chi connectivity index (χ4v) is 1.29. The maximum Gasteiger partial charge on any atom is 0.337 e. The van der Waals surface area contributed by atoms with Crippen molar-refractivity contribution in [2.24, 2.45) is 0 Å². The zero-order chi connectivity index (χ0) is 11.4. The summed E-state index contributed by atoms with van der Waals surface area (Å²) >= 11 is 0. The second kappa shape index (κ2) is 4.52. The summed E-state index contributed by atoms with van der Waals surface area (Å²) in [4.78, 5) is 15.4. The molecule has 6 heteroatoms. The van der Waals surface area contributed by atoms with Crippen molar-refractivity contribution in [2.45, 2.75) is 6.54 Å². The van der Waals surface area contributed by atoms with Crippen LogP contribution in [-0.2, 0) is 11.3 Å². The standard InChI is InChI=1S/C10H10N4O2/c1-16-10(15)8-2-3-11-9(6-8)7-14-5-4-12-13-14/h2-6H,7H2,1H3. The first-order valence-corrected chi connectivity index (χ1v) is 4.67. The molecule has 0 aromatic carbocycles. The monoisotopic (exact) mass is 218 g/mol. The Morgan fingerprint density at radius 3 is 3.06 bits per heavy atom. The molecule has 0 aliphatic heterocycles. The van der Waals surface area contributed by atoms with Crippen LogP contribution in [0.15, 0.2) is 30.7 Å². The van der Waals surface area contributed by atoms with Crippen LogP contribution in [0.3, 0.4) is 0 Å². The Labute approximate surface area is 91.9 Å². The van der Waals surface area contributed by atoms with Crippen LogP contribution in [0, 0.1) is 0 Å². The first-order chi connectivity index (χ1) is 7.79. The van der Waals surface area contributed by atoms with Gasteiger partial charge in [-0.05, 0) is 12.1 Å². The van der Waals surface area contributed by atoms with Gasteiger partial charge in [-0.2, -0.15) is 0 Å². The smallest absolute Gasteiger partial charge is 0.337 e. The van der Waals surface area contributed by atoms with Gasteiger partial charge >= 0.3 is 5.97 Å². The minimum atomic E-state index is -0.373. The molecule has 0 aliphatic carbocycles. The van der Waals surface area contributed by atoms with E-state index in [1.165, 1.54) is 7.11 Å². The van der Waals surface area contributed by atoms with E-state index in [-0.39, 0.29) is 5.97 Å². The summed E-state index contributed by atoms with van der Waals surface area (Å²) in [5, 5.41) is 7.50. The van der Waals surface area contributed by atoms with Crippen molar-refractivity contribution in [1.29, 1.82) is 0 Å². The highest BCUT2D eigenvalue weighted by molar-refractivity contribution is 5.89. The summed E-state index contributed by atoms with van der Waals surface area (Å²) in [6, 6.07) is 3.28. The predicted molar refractivity (Wildman–Crippen MR) is 54.7 cm³/mol. The molecule has 0 radical (unpaired) electrons. The molecule has 0 atom stereocenters. The van der Waals surface area contributed by atoms with Crippen LogP contribution in [0.25, 0.3) is 0 Å². The molecule has 0 N–H and O–H groups in total. The number of methoxy groups -OCH3 is 1. The van der Waals surface area contributed by atoms with E-state index in [1.807, 2.05) is 0 Å². The van der Waals surface area contributed by atoms with E-state index in [9.17, 15) is 4.79 Å². The van der Waals surface area contributed by atoms with Crippen molar-refractivity contribution in [2.75, 3.05) is 7.11 Å². The number of esters is 1. The largest absolute Gasteiger partial charge is 0.465 e. The van der Waals surface area contributed by atoms with E-state index < -0.39 is 0 Å². The lowest BCUT2D eigenvalue weighted by molar-refractivity contribution is 0.0600. The number of ether oxygens (including phenoxy) is 1. The molecule has 0 saturated heterocycles. The van der Waals surface area contributed by atoms with Gasteiger partial charge in [0.25, 0.3) is 0 Å². The first kappa shape index (κ1) is 10.3. The average Bonchev–Trinajstić information content (AvgIpc) is 2.81. The van der Waals surface area contributed by atoms with Crippen LogP contribution in [0.4, 0.5) is 0 Å². The zero-order valence-electron chi connectivity index (χ0n) is 8.70. The van der Waals surface area contributed by atoms with Crippen molar-refractivity contribution in [1.82, 2.24) is 20.0 Å². The van der Waals surface area contributed by atoms with Gasteiger partial charge in [0, 0.05) is 12.4 Å². The molecule has 2 rings (SSSR count). The predicted octanol–water partition coefficient (Wildman–Crippen LogP) is 0.508. The number of carbonyl (C=O) groups excluding carboxylic acids is 1. The van der Waals surface area contributed by atoms with Crippen molar-refractivity contribution >= 4 is 5.97 Å². The average molecular weight is 218 g/mol. The molecule has 2 heterocycles. The maximum absolute atomic E-state index is 11.3. The highest BCUT2D eigenvalue weighted by atomic mass is 16.5. The summed E-state index contributed by atoms with van der Waals surface area (Å²) in [5.41, 5.74) is 1.21. The Morgan fingerprint density at radius 1 is 1.50 bits per heavy atom. The molecule has 82 valence electrons. The summed E-state index contributed by atoms with van der Waals surface area (Å²) in [5.74, 6) is -0.373. The van der Waals surface area contributed by atoms with Gasteiger partial charge in [0.1, 0.15) is 0 Å². The van der Waals surface area contributed by atoms with Crippen LogP contribution in [0.1, 0.15) is 16.1 Å². The normalized spacial score (nSPS) is 10.1. The first-order valence-electron chi connectivity index (χ1n) is 4.67. The molecule has 2 aromatic rings. The van der Waals surface area contributed by atoms with Crippen LogP contribution in [0.2, 0.25) is 0 Å². The van der Waals surface area contributed by atoms with Crippen molar-refractivity contribution in [3.8, 4) is 0 Å². The Kier molecular flexibility index (Phi) is 2.90. The fraction of sp³-hybridized carbons (Fsp3) is 0.200. The number of hydrogen-bond donors (Lipinski definition) is 0. The quantitative estimate of drug-likeness (QED) is 0.702. The van der Waals surface area contributed by atoms with Gasteiger partial charge in [-0.3, -0.25) is 4.98 Å². The molecular weight excluding hydrogens is 208 g/mol. The second-order valence-electron chi connectivity index (χ2n) is 3.13. The summed E-state index contributed by atoms with van der Waals surface area (Å²) in [6.07, 6.45) is 4.88. The fourth-order valence-electron chi connectivity index (χ4n) is 1.29. The molecule has 0 bridgehead atoms. The minimum Gasteiger partial charge on any atom is -0.465 e. The van der Waals surface area contributed by atoms with Crippen LogP contribution < -0.4 is 0 Å². The van der Waals surface area contributed by atoms with Gasteiger partial charge in [0.05, 0.1) is 31.1 Å². The van der Waals surface area contributed by atoms with Gasteiger partial charge < -0.3 is 4.74 Å². The molecule has 0 spiro atoms. The van der Waals surface area contributed by atoms with Crippen LogP contribution in [0.5, 0.6) is 0 Å². The molecule has 0 saturated carbocycles. The minimum absolute atomic E-state index is 0.373. The third-order valence-electron chi connectivity index (χ3n) is 2.03. The molecule has 0 amide bonds. The second-order valence-corrected chi connectivity index (χ2v) is 3.13. The Morgan fingerprint density at radius 2 is 2.38 bits per heavy atom. The van der Waals surface area contributed by atoms with E-state index in [2.05, 4.69) is 20.0 Å². The van der Waals surface area contributed by atoms with E-state index in [1.54, 1.807) is 35.4 Å². The number of pyridine rings is 1. The van der Waals surface area contributed by atoms with Crippen LogP contribution in [-0.4, -0.2) is 33.1 Å². The number of rotatable bonds is 3. The Hall–Kier alpha value is -2.24. The summed E-state index contributed by atoms with van der Waals surface area (Å²) < 4.78 is 6.25. The van der Waals surface area contributed by atoms with Gasteiger partial charge in [-0.15, -0.1) is 5.10 Å². The third kappa shape index (κ3) is 2.22. The molecule has 0 unspecified atom stereocenters. The highest BCUT2D eigenvalue weighted by Crippen LogP contribution is 2.04. The van der Waals surface area contributed by atoms with Crippen molar-refractivity contribution < 1.29 is 9.53 Å². The molecule has 0 fully saturated rings. The SMILES string of the molecule is COC(=O)c1ccnc(Cn2ccnn2)c1. The molecule has 0 aliphatic rings. The van der Waals surface area contributed by atoms with Crippen molar-refractivity contribution in [3.05, 3.63) is 42.0 Å². The number of hydrogen-bond acceptors (Lipinski definition) is 5. The van der Waals surface area contributed by atoms with Gasteiger partial charge in [0.2, 0.25) is 0 Å². The number of carbonyl (C=O) groups is 1. The third-order valence-corrected chi connectivity index (χ3v) is 2.03. The van der Waals surface area contributed by atoms with Crippen molar-refractivity contribution in [3.63, 3.8) is 0 Å². The van der Waals surface area contributed by atoms with Gasteiger partial charge in [-0.1, -0.05) is 5.21 Å². The summed E-state index contributed by atoms with van der Waals surface area (Å²) in [7, 11) is 1.35. The summed E-state index contributed by atoms with van der Waals surface area (Å²) in [6.45, 7) is 0.477. The van der Waals surface area contributed by atoms with Gasteiger partial charge in [0.15, 0.2) is 0 Å². The molecular formula is C10H10N4O2.